The molecular formula is C16H26N2O3. The molecule has 0 aliphatic heterocycles. The number of carbonyl (C=O) groups excluding carboxylic acids is 1. The Morgan fingerprint density at radius 1 is 1.43 bits per heavy atom. The van der Waals surface area contributed by atoms with Crippen LogP contribution in [0.1, 0.15) is 32.8 Å². The van der Waals surface area contributed by atoms with Crippen LogP contribution in [0, 0.1) is 6.92 Å². The van der Waals surface area contributed by atoms with Gasteiger partial charge in [-0.1, -0.05) is 6.07 Å². The van der Waals surface area contributed by atoms with E-state index in [4.69, 9.17) is 15.2 Å². The molecule has 1 amide bonds. The van der Waals surface area contributed by atoms with Gasteiger partial charge in [-0.2, -0.15) is 0 Å². The Kier molecular flexibility index (Phi) is 6.18. The molecule has 0 spiro atoms. The lowest BCUT2D eigenvalue weighted by Crippen LogP contribution is -2.31. The highest BCUT2D eigenvalue weighted by molar-refractivity contribution is 5.95. The van der Waals surface area contributed by atoms with E-state index in [0.717, 1.165) is 12.0 Å². The van der Waals surface area contributed by atoms with Crippen LogP contribution in [0.2, 0.25) is 0 Å². The first-order chi connectivity index (χ1) is 9.75. The standard InChI is InChI=1S/C16H26N2O3/c1-11-6-7-13(17)10-14(11)18-15(19)12(2)21-9-8-16(3,4)20-5/h6-7,10,12H,8-9,17H2,1-5H3,(H,18,19). The van der Waals surface area contributed by atoms with E-state index in [-0.39, 0.29) is 11.5 Å². The highest BCUT2D eigenvalue weighted by atomic mass is 16.5. The maximum absolute atomic E-state index is 12.1. The third-order valence-corrected chi connectivity index (χ3v) is 3.51. The second-order valence-corrected chi connectivity index (χ2v) is 5.79. The SMILES string of the molecule is COC(C)(C)CCOC(C)C(=O)Nc1cc(N)ccc1C. The number of rotatable bonds is 7. The molecule has 1 atom stereocenters. The van der Waals surface area contributed by atoms with Gasteiger partial charge in [-0.25, -0.2) is 0 Å². The van der Waals surface area contributed by atoms with Gasteiger partial charge in [0.2, 0.25) is 0 Å². The summed E-state index contributed by atoms with van der Waals surface area (Å²) in [5, 5.41) is 2.84. The molecule has 0 radical (unpaired) electrons. The van der Waals surface area contributed by atoms with Crippen molar-refractivity contribution < 1.29 is 14.3 Å². The van der Waals surface area contributed by atoms with Crippen molar-refractivity contribution in [3.8, 4) is 0 Å². The summed E-state index contributed by atoms with van der Waals surface area (Å²) in [6.07, 6.45) is 0.191. The van der Waals surface area contributed by atoms with Crippen LogP contribution >= 0.6 is 0 Å². The van der Waals surface area contributed by atoms with Crippen LogP contribution in [0.3, 0.4) is 0 Å². The van der Waals surface area contributed by atoms with E-state index in [1.165, 1.54) is 0 Å². The fourth-order valence-electron chi connectivity index (χ4n) is 1.67. The summed E-state index contributed by atoms with van der Waals surface area (Å²) in [6.45, 7) is 8.08. The Labute approximate surface area is 126 Å². The Morgan fingerprint density at radius 3 is 2.71 bits per heavy atom. The number of nitrogens with one attached hydrogen (secondary N) is 1. The van der Waals surface area contributed by atoms with Gasteiger partial charge >= 0.3 is 0 Å². The van der Waals surface area contributed by atoms with Crippen molar-refractivity contribution in [3.63, 3.8) is 0 Å². The number of aryl methyl sites for hydroxylation is 1. The van der Waals surface area contributed by atoms with Crippen molar-refractivity contribution in [3.05, 3.63) is 23.8 Å². The number of hydrogen-bond acceptors (Lipinski definition) is 4. The molecule has 1 unspecified atom stereocenters. The molecule has 0 aliphatic rings. The van der Waals surface area contributed by atoms with Gasteiger partial charge in [0.15, 0.2) is 0 Å². The third-order valence-electron chi connectivity index (χ3n) is 3.51. The number of carbonyl (C=O) groups is 1. The predicted molar refractivity (Wildman–Crippen MR) is 85.3 cm³/mol. The zero-order chi connectivity index (χ0) is 16.0. The second-order valence-electron chi connectivity index (χ2n) is 5.79. The average molecular weight is 294 g/mol. The molecule has 5 heteroatoms. The summed E-state index contributed by atoms with van der Waals surface area (Å²) in [5.41, 5.74) is 7.77. The number of hydrogen-bond donors (Lipinski definition) is 2. The first kappa shape index (κ1) is 17.5. The summed E-state index contributed by atoms with van der Waals surface area (Å²) < 4.78 is 10.9. The van der Waals surface area contributed by atoms with Crippen molar-refractivity contribution in [2.24, 2.45) is 0 Å². The molecule has 0 saturated carbocycles. The number of ether oxygens (including phenoxy) is 2. The largest absolute Gasteiger partial charge is 0.399 e. The highest BCUT2D eigenvalue weighted by Gasteiger charge is 2.19. The van der Waals surface area contributed by atoms with Crippen LogP contribution in [0.25, 0.3) is 0 Å². The third kappa shape index (κ3) is 5.73. The summed E-state index contributed by atoms with van der Waals surface area (Å²) in [4.78, 5) is 12.1. The van der Waals surface area contributed by atoms with Gasteiger partial charge in [-0.15, -0.1) is 0 Å². The highest BCUT2D eigenvalue weighted by Crippen LogP contribution is 2.19. The zero-order valence-corrected chi connectivity index (χ0v) is 13.5. The molecule has 0 bridgehead atoms. The van der Waals surface area contributed by atoms with Crippen molar-refractivity contribution >= 4 is 17.3 Å². The van der Waals surface area contributed by atoms with E-state index in [2.05, 4.69) is 5.32 Å². The molecule has 1 aromatic carbocycles. The van der Waals surface area contributed by atoms with E-state index in [0.29, 0.717) is 18.0 Å². The fourth-order valence-corrected chi connectivity index (χ4v) is 1.67. The van der Waals surface area contributed by atoms with Crippen molar-refractivity contribution in [1.29, 1.82) is 0 Å². The van der Waals surface area contributed by atoms with Gasteiger partial charge in [0.1, 0.15) is 6.10 Å². The summed E-state index contributed by atoms with van der Waals surface area (Å²) in [5.74, 6) is -0.182. The maximum atomic E-state index is 12.1. The number of amides is 1. The lowest BCUT2D eigenvalue weighted by atomic mass is 10.1. The summed E-state index contributed by atoms with van der Waals surface area (Å²) >= 11 is 0. The molecule has 0 aromatic heterocycles. The molecule has 0 saturated heterocycles. The van der Waals surface area contributed by atoms with Gasteiger partial charge in [-0.05, 0) is 51.8 Å². The fraction of sp³-hybridized carbons (Fsp3) is 0.562. The molecule has 1 rings (SSSR count). The van der Waals surface area contributed by atoms with Gasteiger partial charge in [-0.3, -0.25) is 4.79 Å². The van der Waals surface area contributed by atoms with Crippen molar-refractivity contribution in [2.45, 2.75) is 45.8 Å². The lowest BCUT2D eigenvalue weighted by molar-refractivity contribution is -0.127. The van der Waals surface area contributed by atoms with E-state index >= 15 is 0 Å². The van der Waals surface area contributed by atoms with Gasteiger partial charge in [0.25, 0.3) is 5.91 Å². The van der Waals surface area contributed by atoms with E-state index < -0.39 is 6.10 Å². The van der Waals surface area contributed by atoms with Crippen LogP contribution in [0.15, 0.2) is 18.2 Å². The maximum Gasteiger partial charge on any atom is 0.253 e. The molecule has 1 aromatic rings. The molecule has 0 aliphatic carbocycles. The molecule has 3 N–H and O–H groups in total. The monoisotopic (exact) mass is 294 g/mol. The Bertz CT molecular complexity index is 486. The second kappa shape index (κ2) is 7.43. The molecule has 5 nitrogen and oxygen atoms in total. The summed E-state index contributed by atoms with van der Waals surface area (Å²) in [7, 11) is 1.67. The minimum absolute atomic E-state index is 0.182. The minimum atomic E-state index is -0.529. The van der Waals surface area contributed by atoms with Crippen LogP contribution in [-0.2, 0) is 14.3 Å². The quantitative estimate of drug-likeness (QED) is 0.758. The summed E-state index contributed by atoms with van der Waals surface area (Å²) in [6, 6.07) is 5.42. The van der Waals surface area contributed by atoms with Gasteiger partial charge < -0.3 is 20.5 Å². The minimum Gasteiger partial charge on any atom is -0.399 e. The van der Waals surface area contributed by atoms with Crippen LogP contribution < -0.4 is 11.1 Å². The Hall–Kier alpha value is -1.59. The smallest absolute Gasteiger partial charge is 0.253 e. The predicted octanol–water partition coefficient (Wildman–Crippen LogP) is 2.74. The first-order valence-corrected chi connectivity index (χ1v) is 7.09. The first-order valence-electron chi connectivity index (χ1n) is 7.09. The topological polar surface area (TPSA) is 73.6 Å². The number of nitrogen functional groups attached to an aromatic ring is 1. The van der Waals surface area contributed by atoms with E-state index in [9.17, 15) is 4.79 Å². The van der Waals surface area contributed by atoms with Crippen molar-refractivity contribution in [2.75, 3.05) is 24.8 Å². The molecule has 0 heterocycles. The van der Waals surface area contributed by atoms with Crippen LogP contribution in [0.4, 0.5) is 11.4 Å². The molecule has 118 valence electrons. The number of nitrogens with two attached hydrogens (primary N) is 1. The average Bonchev–Trinajstić information content (AvgIpc) is 2.42. The van der Waals surface area contributed by atoms with Gasteiger partial charge in [0, 0.05) is 18.5 Å². The number of methoxy groups -OCH3 is 1. The lowest BCUT2D eigenvalue weighted by Gasteiger charge is -2.23. The van der Waals surface area contributed by atoms with Crippen molar-refractivity contribution in [1.82, 2.24) is 0 Å². The van der Waals surface area contributed by atoms with E-state index in [1.807, 2.05) is 26.8 Å². The Balaban J connectivity index is 2.50. The zero-order valence-electron chi connectivity index (χ0n) is 13.5. The molecule has 21 heavy (non-hydrogen) atoms. The normalized spacial score (nSPS) is 13.0. The van der Waals surface area contributed by atoms with Crippen LogP contribution in [-0.4, -0.2) is 31.3 Å². The molecular weight excluding hydrogens is 268 g/mol. The van der Waals surface area contributed by atoms with E-state index in [1.54, 1.807) is 26.2 Å². The molecule has 0 fully saturated rings. The number of anilines is 2. The number of benzene rings is 1. The Morgan fingerprint density at radius 2 is 2.10 bits per heavy atom. The van der Waals surface area contributed by atoms with Gasteiger partial charge in [0.05, 0.1) is 12.2 Å². The van der Waals surface area contributed by atoms with Crippen LogP contribution in [0.5, 0.6) is 0 Å².